The molecule has 0 aliphatic carbocycles. The normalized spacial score (nSPS) is 18.3. The number of anilines is 1. The summed E-state index contributed by atoms with van der Waals surface area (Å²) < 4.78 is 16.5. The van der Waals surface area contributed by atoms with E-state index in [1.807, 2.05) is 19.1 Å². The summed E-state index contributed by atoms with van der Waals surface area (Å²) >= 11 is 10.5. The van der Waals surface area contributed by atoms with Crippen molar-refractivity contribution < 1.29 is 9.18 Å². The molecule has 10 heteroatoms. The number of aryl methyl sites for hydroxylation is 1. The van der Waals surface area contributed by atoms with Crippen molar-refractivity contribution in [3.63, 3.8) is 0 Å². The van der Waals surface area contributed by atoms with Crippen LogP contribution in [0.15, 0.2) is 52.1 Å². The van der Waals surface area contributed by atoms with Gasteiger partial charge in [-0.1, -0.05) is 51.4 Å². The van der Waals surface area contributed by atoms with Crippen LogP contribution in [0.25, 0.3) is 0 Å². The number of thioether (sulfide) groups is 1. The van der Waals surface area contributed by atoms with Gasteiger partial charge in [-0.25, -0.2) is 9.07 Å². The highest BCUT2D eigenvalue weighted by Gasteiger charge is 2.37. The Kier molecular flexibility index (Phi) is 5.31. The molecule has 1 aliphatic rings. The first-order valence-electron chi connectivity index (χ1n) is 8.29. The monoisotopic (exact) mass is 481 g/mol. The Balaban J connectivity index is 1.67. The van der Waals surface area contributed by atoms with Crippen molar-refractivity contribution in [3.8, 4) is 0 Å². The average Bonchev–Trinajstić information content (AvgIpc) is 3.04. The summed E-state index contributed by atoms with van der Waals surface area (Å²) in [7, 11) is 0. The van der Waals surface area contributed by atoms with Crippen molar-refractivity contribution in [2.75, 3.05) is 10.7 Å². The van der Waals surface area contributed by atoms with Crippen LogP contribution in [-0.2, 0) is 4.79 Å². The molecule has 0 saturated heterocycles. The second kappa shape index (κ2) is 7.73. The van der Waals surface area contributed by atoms with E-state index in [1.165, 1.54) is 23.9 Å². The van der Waals surface area contributed by atoms with Crippen molar-refractivity contribution in [2.24, 2.45) is 0 Å². The highest BCUT2D eigenvalue weighted by molar-refractivity contribution is 9.10. The van der Waals surface area contributed by atoms with Crippen molar-refractivity contribution >= 4 is 50.9 Å². The molecule has 3 aromatic rings. The van der Waals surface area contributed by atoms with Gasteiger partial charge in [0.1, 0.15) is 16.9 Å². The molecule has 0 bridgehead atoms. The number of amides is 1. The maximum atomic E-state index is 14.2. The van der Waals surface area contributed by atoms with E-state index >= 15 is 0 Å². The number of aromatic nitrogens is 3. The first kappa shape index (κ1) is 19.2. The zero-order valence-electron chi connectivity index (χ0n) is 14.5. The molecule has 0 radical (unpaired) electrons. The fourth-order valence-corrected chi connectivity index (χ4v) is 4.46. The molecule has 1 amide bonds. The van der Waals surface area contributed by atoms with Crippen LogP contribution in [-0.4, -0.2) is 26.0 Å². The van der Waals surface area contributed by atoms with E-state index in [1.54, 1.807) is 22.9 Å². The van der Waals surface area contributed by atoms with Gasteiger partial charge in [0, 0.05) is 9.50 Å². The number of benzene rings is 2. The van der Waals surface area contributed by atoms with Gasteiger partial charge in [-0.15, -0.1) is 10.2 Å². The molecule has 0 unspecified atom stereocenters. The van der Waals surface area contributed by atoms with Gasteiger partial charge in [-0.2, -0.15) is 0 Å². The zero-order valence-corrected chi connectivity index (χ0v) is 17.6. The van der Waals surface area contributed by atoms with Gasteiger partial charge in [0.2, 0.25) is 11.1 Å². The summed E-state index contributed by atoms with van der Waals surface area (Å²) in [6.07, 6.45) is 0. The van der Waals surface area contributed by atoms with Crippen LogP contribution in [0.4, 0.5) is 10.1 Å². The van der Waals surface area contributed by atoms with E-state index in [0.717, 1.165) is 5.56 Å². The first-order chi connectivity index (χ1) is 13.4. The molecule has 1 aliphatic heterocycles. The van der Waals surface area contributed by atoms with E-state index < -0.39 is 11.1 Å². The predicted octanol–water partition coefficient (Wildman–Crippen LogP) is 4.54. The number of nitrogens with one attached hydrogen (secondary N) is 2. The summed E-state index contributed by atoms with van der Waals surface area (Å²) in [5.41, 5.74) is 4.27. The molecule has 4 rings (SSSR count). The van der Waals surface area contributed by atoms with Crippen LogP contribution in [0.1, 0.15) is 17.4 Å². The molecule has 28 heavy (non-hydrogen) atoms. The van der Waals surface area contributed by atoms with Gasteiger partial charge in [-0.05, 0) is 42.8 Å². The standard InChI is InChI=1S/C18H14BrClFN5OS/c1-9-23-24-18-26(9)25-15(10-2-5-12(20)6-3-10)16(28-18)17(27)22-14-7-4-11(19)8-13(14)21/h2-8,15-16,25H,1H3,(H,22,27)/t15-,16+/m1/s1. The summed E-state index contributed by atoms with van der Waals surface area (Å²) in [6, 6.07) is 11.3. The van der Waals surface area contributed by atoms with Crippen LogP contribution in [0.5, 0.6) is 0 Å². The third-order valence-electron chi connectivity index (χ3n) is 4.28. The molecule has 144 valence electrons. The van der Waals surface area contributed by atoms with Gasteiger partial charge in [0.05, 0.1) is 11.7 Å². The SMILES string of the molecule is Cc1nnc2n1N[C@H](c1ccc(Cl)cc1)[C@@H](C(=O)Nc1ccc(Br)cc1F)S2. The lowest BCUT2D eigenvalue weighted by Gasteiger charge is -2.32. The Morgan fingerprint density at radius 2 is 2.04 bits per heavy atom. The maximum absolute atomic E-state index is 14.2. The Bertz CT molecular complexity index is 1040. The molecule has 0 fully saturated rings. The number of rotatable bonds is 3. The fourth-order valence-electron chi connectivity index (χ4n) is 2.88. The number of hydrogen-bond donors (Lipinski definition) is 2. The number of fused-ring (bicyclic) bond motifs is 1. The molecular formula is C18H14BrClFN5OS. The quantitative estimate of drug-likeness (QED) is 0.573. The fraction of sp³-hybridized carbons (Fsp3) is 0.167. The molecular weight excluding hydrogens is 469 g/mol. The minimum absolute atomic E-state index is 0.117. The van der Waals surface area contributed by atoms with Gasteiger partial charge in [0.25, 0.3) is 0 Å². The first-order valence-corrected chi connectivity index (χ1v) is 10.3. The van der Waals surface area contributed by atoms with E-state index in [2.05, 4.69) is 36.9 Å². The lowest BCUT2D eigenvalue weighted by Crippen LogP contribution is -2.41. The van der Waals surface area contributed by atoms with E-state index in [4.69, 9.17) is 11.6 Å². The minimum Gasteiger partial charge on any atom is -0.323 e. The van der Waals surface area contributed by atoms with Gasteiger partial charge in [-0.3, -0.25) is 4.79 Å². The third kappa shape index (κ3) is 3.74. The Morgan fingerprint density at radius 1 is 1.29 bits per heavy atom. The number of halogens is 3. The van der Waals surface area contributed by atoms with Gasteiger partial charge in [0.15, 0.2) is 0 Å². The highest BCUT2D eigenvalue weighted by atomic mass is 79.9. The van der Waals surface area contributed by atoms with Crippen molar-refractivity contribution in [1.82, 2.24) is 14.9 Å². The van der Waals surface area contributed by atoms with E-state index in [9.17, 15) is 9.18 Å². The Labute approximate surface area is 178 Å². The van der Waals surface area contributed by atoms with Crippen LogP contribution >= 0.6 is 39.3 Å². The Morgan fingerprint density at radius 3 is 2.75 bits per heavy atom. The predicted molar refractivity (Wildman–Crippen MR) is 111 cm³/mol. The molecule has 0 spiro atoms. The molecule has 2 heterocycles. The summed E-state index contributed by atoms with van der Waals surface area (Å²) in [5.74, 6) is -0.177. The maximum Gasteiger partial charge on any atom is 0.240 e. The lowest BCUT2D eigenvalue weighted by molar-refractivity contribution is -0.116. The van der Waals surface area contributed by atoms with E-state index in [-0.39, 0.29) is 17.6 Å². The highest BCUT2D eigenvalue weighted by Crippen LogP contribution is 2.38. The van der Waals surface area contributed by atoms with Crippen LogP contribution in [0.3, 0.4) is 0 Å². The molecule has 1 aromatic heterocycles. The van der Waals surface area contributed by atoms with Crippen molar-refractivity contribution in [3.05, 3.63) is 69.2 Å². The number of carbonyl (C=O) groups is 1. The number of nitrogens with zero attached hydrogens (tertiary/aromatic N) is 3. The average molecular weight is 483 g/mol. The molecule has 2 aromatic carbocycles. The summed E-state index contributed by atoms with van der Waals surface area (Å²) in [4.78, 5) is 13.0. The molecule has 2 N–H and O–H groups in total. The second-order valence-electron chi connectivity index (χ2n) is 6.18. The Hall–Kier alpha value is -2.10. The van der Waals surface area contributed by atoms with Crippen LogP contribution in [0.2, 0.25) is 5.02 Å². The van der Waals surface area contributed by atoms with E-state index in [0.29, 0.717) is 20.5 Å². The van der Waals surface area contributed by atoms with Gasteiger partial charge >= 0.3 is 0 Å². The second-order valence-corrected chi connectivity index (χ2v) is 8.64. The third-order valence-corrected chi connectivity index (χ3v) is 6.24. The molecule has 0 saturated carbocycles. The summed E-state index contributed by atoms with van der Waals surface area (Å²) in [6.45, 7) is 1.82. The van der Waals surface area contributed by atoms with Crippen LogP contribution in [0, 0.1) is 12.7 Å². The largest absolute Gasteiger partial charge is 0.323 e. The molecule has 2 atom stereocenters. The van der Waals surface area contributed by atoms with Crippen molar-refractivity contribution in [2.45, 2.75) is 23.4 Å². The van der Waals surface area contributed by atoms with Crippen molar-refractivity contribution in [1.29, 1.82) is 0 Å². The zero-order chi connectivity index (χ0) is 19.8. The minimum atomic E-state index is -0.597. The smallest absolute Gasteiger partial charge is 0.240 e. The van der Waals surface area contributed by atoms with Gasteiger partial charge < -0.3 is 10.7 Å². The number of carbonyl (C=O) groups excluding carboxylic acids is 1. The topological polar surface area (TPSA) is 71.8 Å². The molecule has 6 nitrogen and oxygen atoms in total. The van der Waals surface area contributed by atoms with Crippen LogP contribution < -0.4 is 10.7 Å². The summed E-state index contributed by atoms with van der Waals surface area (Å²) in [5, 5.41) is 11.4. The number of hydrogen-bond acceptors (Lipinski definition) is 5. The lowest BCUT2D eigenvalue weighted by atomic mass is 10.0.